The topological polar surface area (TPSA) is 73.4 Å². The van der Waals surface area contributed by atoms with Crippen molar-refractivity contribution in [3.8, 4) is 0 Å². The van der Waals surface area contributed by atoms with E-state index in [1.54, 1.807) is 12.1 Å². The molecule has 106 valence electrons. The molecule has 0 aliphatic carbocycles. The van der Waals surface area contributed by atoms with Crippen molar-refractivity contribution in [2.45, 2.75) is 20.0 Å². The molecule has 0 aliphatic heterocycles. The van der Waals surface area contributed by atoms with E-state index in [4.69, 9.17) is 5.11 Å². The normalized spacial score (nSPS) is 10.9. The molecule has 2 aromatic rings. The van der Waals surface area contributed by atoms with Crippen molar-refractivity contribution in [3.63, 3.8) is 0 Å². The molecule has 6 heteroatoms. The summed E-state index contributed by atoms with van der Waals surface area (Å²) in [6.07, 6.45) is 0. The van der Waals surface area contributed by atoms with E-state index in [-0.39, 0.29) is 5.56 Å². The van der Waals surface area contributed by atoms with Crippen LogP contribution in [0.2, 0.25) is 0 Å². The van der Waals surface area contributed by atoms with Gasteiger partial charge in [0.2, 0.25) is 5.56 Å². The maximum Gasteiger partial charge on any atom is 0.345 e. The van der Waals surface area contributed by atoms with Crippen LogP contribution in [0, 0.1) is 6.92 Å². The molecule has 0 atom stereocenters. The number of H-pyrrole nitrogens is 1. The number of thiophene rings is 1. The summed E-state index contributed by atoms with van der Waals surface area (Å²) in [6, 6.07) is 6.78. The lowest BCUT2D eigenvalue weighted by atomic mass is 10.2. The predicted octanol–water partition coefficient (Wildman–Crippen LogP) is 2.08. The number of aromatic nitrogens is 1. The van der Waals surface area contributed by atoms with Crippen LogP contribution < -0.4 is 5.56 Å². The largest absolute Gasteiger partial charge is 0.477 e. The second kappa shape index (κ2) is 6.02. The highest BCUT2D eigenvalue weighted by Crippen LogP contribution is 2.23. The number of carbonyl (C=O) groups is 1. The Morgan fingerprint density at radius 2 is 2.15 bits per heavy atom. The first-order chi connectivity index (χ1) is 9.45. The van der Waals surface area contributed by atoms with Gasteiger partial charge in [-0.15, -0.1) is 11.3 Å². The number of aromatic carboxylic acids is 1. The molecule has 0 radical (unpaired) electrons. The van der Waals surface area contributed by atoms with Crippen LogP contribution in [0.1, 0.15) is 25.8 Å². The molecular weight excluding hydrogens is 276 g/mol. The van der Waals surface area contributed by atoms with Gasteiger partial charge in [-0.2, -0.15) is 0 Å². The van der Waals surface area contributed by atoms with Crippen LogP contribution in [0.25, 0.3) is 0 Å². The Morgan fingerprint density at radius 1 is 1.40 bits per heavy atom. The van der Waals surface area contributed by atoms with Gasteiger partial charge in [0.1, 0.15) is 4.88 Å². The second-order valence-corrected chi connectivity index (χ2v) is 5.97. The first kappa shape index (κ1) is 14.5. The number of hydrogen-bond donors (Lipinski definition) is 2. The number of nitrogens with zero attached hydrogens (tertiary/aromatic N) is 1. The van der Waals surface area contributed by atoms with E-state index >= 15 is 0 Å². The Labute approximate surface area is 120 Å². The molecule has 0 aliphatic rings. The molecule has 0 bridgehead atoms. The monoisotopic (exact) mass is 292 g/mol. The third kappa shape index (κ3) is 3.55. The van der Waals surface area contributed by atoms with Crippen molar-refractivity contribution in [1.82, 2.24) is 9.88 Å². The fourth-order valence-corrected chi connectivity index (χ4v) is 2.88. The van der Waals surface area contributed by atoms with Gasteiger partial charge in [0, 0.05) is 29.7 Å². The van der Waals surface area contributed by atoms with Gasteiger partial charge in [-0.25, -0.2) is 4.79 Å². The second-order valence-electron chi connectivity index (χ2n) is 4.71. The summed E-state index contributed by atoms with van der Waals surface area (Å²) in [5.41, 5.74) is 1.73. The van der Waals surface area contributed by atoms with Gasteiger partial charge < -0.3 is 10.1 Å². The Bertz CT molecular complexity index is 675. The molecule has 2 rings (SSSR count). The number of aromatic amines is 1. The third-order valence-corrected chi connectivity index (χ3v) is 4.02. The Morgan fingerprint density at radius 3 is 2.75 bits per heavy atom. The van der Waals surface area contributed by atoms with E-state index in [2.05, 4.69) is 4.98 Å². The van der Waals surface area contributed by atoms with Gasteiger partial charge in [-0.3, -0.25) is 9.69 Å². The number of nitrogens with one attached hydrogen (secondary N) is 1. The highest BCUT2D eigenvalue weighted by molar-refractivity contribution is 7.14. The third-order valence-electron chi connectivity index (χ3n) is 2.94. The van der Waals surface area contributed by atoms with Crippen LogP contribution in [0.15, 0.2) is 29.1 Å². The lowest BCUT2D eigenvalue weighted by molar-refractivity contribution is 0.0702. The molecule has 2 N–H and O–H groups in total. The minimum Gasteiger partial charge on any atom is -0.477 e. The van der Waals surface area contributed by atoms with E-state index in [0.29, 0.717) is 18.0 Å². The standard InChI is InChI=1S/C14H16N2O3S/c1-9-10(6-12(20-9)14(18)19)7-16(2)8-11-4-3-5-13(17)15-11/h3-6H,7-8H2,1-2H3,(H,15,17)(H,18,19). The van der Waals surface area contributed by atoms with Crippen molar-refractivity contribution in [1.29, 1.82) is 0 Å². The Hall–Kier alpha value is -1.92. The maximum absolute atomic E-state index is 11.2. The molecule has 0 saturated heterocycles. The van der Waals surface area contributed by atoms with Crippen LogP contribution in [-0.4, -0.2) is 28.0 Å². The molecule has 2 heterocycles. The molecule has 0 spiro atoms. The van der Waals surface area contributed by atoms with Crippen LogP contribution in [0.4, 0.5) is 0 Å². The van der Waals surface area contributed by atoms with E-state index in [1.165, 1.54) is 17.4 Å². The number of hydrogen-bond acceptors (Lipinski definition) is 4. The number of aryl methyl sites for hydroxylation is 1. The summed E-state index contributed by atoms with van der Waals surface area (Å²) in [5, 5.41) is 8.98. The van der Waals surface area contributed by atoms with Crippen LogP contribution in [0.5, 0.6) is 0 Å². The van der Waals surface area contributed by atoms with E-state index in [0.717, 1.165) is 16.1 Å². The minimum atomic E-state index is -0.889. The minimum absolute atomic E-state index is 0.115. The number of carboxylic acid groups (broad SMARTS) is 1. The zero-order valence-corrected chi connectivity index (χ0v) is 12.2. The van der Waals surface area contributed by atoms with Gasteiger partial charge in [-0.05, 0) is 31.7 Å². The first-order valence-corrected chi connectivity index (χ1v) is 6.96. The molecule has 5 nitrogen and oxygen atoms in total. The van der Waals surface area contributed by atoms with Crippen molar-refractivity contribution < 1.29 is 9.90 Å². The number of pyridine rings is 1. The van der Waals surface area contributed by atoms with Gasteiger partial charge in [0.25, 0.3) is 0 Å². The van der Waals surface area contributed by atoms with Crippen molar-refractivity contribution in [3.05, 3.63) is 55.6 Å². The summed E-state index contributed by atoms with van der Waals surface area (Å²) in [6.45, 7) is 3.17. The van der Waals surface area contributed by atoms with Crippen molar-refractivity contribution in [2.24, 2.45) is 0 Å². The number of carboxylic acids is 1. The average Bonchev–Trinajstić information content (AvgIpc) is 2.71. The van der Waals surface area contributed by atoms with Crippen molar-refractivity contribution in [2.75, 3.05) is 7.05 Å². The summed E-state index contributed by atoms with van der Waals surface area (Å²) in [5.74, 6) is -0.889. The van der Waals surface area contributed by atoms with Gasteiger partial charge in [0.05, 0.1) is 0 Å². The van der Waals surface area contributed by atoms with Crippen LogP contribution in [-0.2, 0) is 13.1 Å². The Kier molecular flexibility index (Phi) is 4.36. The summed E-state index contributed by atoms with van der Waals surface area (Å²) >= 11 is 1.29. The van der Waals surface area contributed by atoms with Crippen molar-refractivity contribution >= 4 is 17.3 Å². The highest BCUT2D eigenvalue weighted by Gasteiger charge is 2.12. The fourth-order valence-electron chi connectivity index (χ4n) is 2.01. The zero-order chi connectivity index (χ0) is 14.7. The lowest BCUT2D eigenvalue weighted by Crippen LogP contribution is -2.20. The van der Waals surface area contributed by atoms with Gasteiger partial charge >= 0.3 is 5.97 Å². The molecule has 0 saturated carbocycles. The molecule has 0 fully saturated rings. The highest BCUT2D eigenvalue weighted by atomic mass is 32.1. The van der Waals surface area contributed by atoms with Gasteiger partial charge in [0.15, 0.2) is 0 Å². The summed E-state index contributed by atoms with van der Waals surface area (Å²) < 4.78 is 0. The van der Waals surface area contributed by atoms with Crippen LogP contribution >= 0.6 is 11.3 Å². The quantitative estimate of drug-likeness (QED) is 0.885. The fraction of sp³-hybridized carbons (Fsp3) is 0.286. The smallest absolute Gasteiger partial charge is 0.345 e. The van der Waals surface area contributed by atoms with Crippen LogP contribution in [0.3, 0.4) is 0 Å². The lowest BCUT2D eigenvalue weighted by Gasteiger charge is -2.16. The maximum atomic E-state index is 11.2. The van der Waals surface area contributed by atoms with E-state index < -0.39 is 5.97 Å². The Balaban J connectivity index is 2.06. The molecule has 0 amide bonds. The predicted molar refractivity (Wildman–Crippen MR) is 78.2 cm³/mol. The summed E-state index contributed by atoms with van der Waals surface area (Å²) in [4.78, 5) is 28.3. The average molecular weight is 292 g/mol. The number of rotatable bonds is 5. The first-order valence-electron chi connectivity index (χ1n) is 6.15. The molecular formula is C14H16N2O3S. The SMILES string of the molecule is Cc1sc(C(=O)O)cc1CN(C)Cc1cccc(=O)[nH]1. The van der Waals surface area contributed by atoms with E-state index in [9.17, 15) is 9.59 Å². The van der Waals surface area contributed by atoms with Gasteiger partial charge in [-0.1, -0.05) is 6.07 Å². The zero-order valence-electron chi connectivity index (χ0n) is 11.3. The molecule has 2 aromatic heterocycles. The summed E-state index contributed by atoms with van der Waals surface area (Å²) in [7, 11) is 1.93. The van der Waals surface area contributed by atoms with E-state index in [1.807, 2.05) is 24.9 Å². The molecule has 0 aromatic carbocycles. The molecule has 20 heavy (non-hydrogen) atoms. The molecule has 0 unspecified atom stereocenters.